The van der Waals surface area contributed by atoms with E-state index in [2.05, 4.69) is 13.8 Å². The maximum atomic E-state index is 8.94. The Morgan fingerprint density at radius 3 is 2.38 bits per heavy atom. The third kappa shape index (κ3) is 3.90. The minimum absolute atomic E-state index is 0.332. The lowest BCUT2D eigenvalue weighted by atomic mass is 9.87. The first kappa shape index (κ1) is 11.4. The standard InChI is InChI=1S/C11H22OS/c1-3-10-4-6-11(7-5-10)13-9(2)8-12/h9-12H,3-8H2,1-2H3. The molecule has 1 saturated carbocycles. The molecular formula is C11H22OS. The van der Waals surface area contributed by atoms with Gasteiger partial charge in [-0.05, 0) is 31.6 Å². The van der Waals surface area contributed by atoms with Crippen molar-refractivity contribution >= 4 is 11.8 Å². The highest BCUT2D eigenvalue weighted by atomic mass is 32.2. The first-order chi connectivity index (χ1) is 6.26. The summed E-state index contributed by atoms with van der Waals surface area (Å²) in [7, 11) is 0. The van der Waals surface area contributed by atoms with Crippen molar-refractivity contribution in [1.82, 2.24) is 0 Å². The molecule has 0 heterocycles. The third-order valence-corrected chi connectivity index (χ3v) is 4.52. The van der Waals surface area contributed by atoms with Crippen LogP contribution >= 0.6 is 11.8 Å². The second-order valence-electron chi connectivity index (χ2n) is 4.18. The molecule has 1 atom stereocenters. The highest BCUT2D eigenvalue weighted by Crippen LogP contribution is 2.34. The van der Waals surface area contributed by atoms with Gasteiger partial charge in [0.25, 0.3) is 0 Å². The van der Waals surface area contributed by atoms with Crippen LogP contribution in [0.2, 0.25) is 0 Å². The van der Waals surface area contributed by atoms with E-state index in [0.717, 1.165) is 11.2 Å². The molecular weight excluding hydrogens is 180 g/mol. The molecule has 0 aromatic rings. The van der Waals surface area contributed by atoms with E-state index in [1.165, 1.54) is 32.1 Å². The number of hydrogen-bond acceptors (Lipinski definition) is 2. The molecule has 2 heteroatoms. The average Bonchev–Trinajstić information content (AvgIpc) is 2.19. The molecule has 0 amide bonds. The van der Waals surface area contributed by atoms with E-state index in [1.807, 2.05) is 11.8 Å². The number of aliphatic hydroxyl groups is 1. The second-order valence-corrected chi connectivity index (χ2v) is 5.92. The van der Waals surface area contributed by atoms with Crippen molar-refractivity contribution < 1.29 is 5.11 Å². The van der Waals surface area contributed by atoms with Crippen LogP contribution < -0.4 is 0 Å². The zero-order chi connectivity index (χ0) is 9.68. The molecule has 13 heavy (non-hydrogen) atoms. The molecule has 1 aliphatic carbocycles. The van der Waals surface area contributed by atoms with Crippen LogP contribution in [0.3, 0.4) is 0 Å². The quantitative estimate of drug-likeness (QED) is 0.756. The van der Waals surface area contributed by atoms with Crippen molar-refractivity contribution in [2.75, 3.05) is 6.61 Å². The fraction of sp³-hybridized carbons (Fsp3) is 1.00. The highest BCUT2D eigenvalue weighted by molar-refractivity contribution is 8.00. The fourth-order valence-electron chi connectivity index (χ4n) is 2.05. The van der Waals surface area contributed by atoms with E-state index in [9.17, 15) is 0 Å². The van der Waals surface area contributed by atoms with Gasteiger partial charge in [-0.15, -0.1) is 0 Å². The monoisotopic (exact) mass is 202 g/mol. The normalized spacial score (nSPS) is 31.6. The molecule has 0 bridgehead atoms. The van der Waals surface area contributed by atoms with Gasteiger partial charge in [0.1, 0.15) is 0 Å². The summed E-state index contributed by atoms with van der Waals surface area (Å²) in [5, 5.41) is 10.2. The topological polar surface area (TPSA) is 20.2 Å². The van der Waals surface area contributed by atoms with E-state index in [4.69, 9.17) is 5.11 Å². The zero-order valence-electron chi connectivity index (χ0n) is 8.83. The van der Waals surface area contributed by atoms with Gasteiger partial charge >= 0.3 is 0 Å². The van der Waals surface area contributed by atoms with Crippen LogP contribution in [-0.2, 0) is 0 Å². The van der Waals surface area contributed by atoms with Gasteiger partial charge in [0, 0.05) is 10.5 Å². The highest BCUT2D eigenvalue weighted by Gasteiger charge is 2.21. The number of hydrogen-bond donors (Lipinski definition) is 1. The summed E-state index contributed by atoms with van der Waals surface area (Å²) in [6.07, 6.45) is 6.91. The molecule has 0 aliphatic heterocycles. The summed E-state index contributed by atoms with van der Waals surface area (Å²) < 4.78 is 0. The van der Waals surface area contributed by atoms with E-state index < -0.39 is 0 Å². The Kier molecular flexibility index (Phi) is 5.18. The minimum atomic E-state index is 0.332. The predicted molar refractivity (Wildman–Crippen MR) is 60.2 cm³/mol. The van der Waals surface area contributed by atoms with Gasteiger partial charge in [0.2, 0.25) is 0 Å². The predicted octanol–water partition coefficient (Wildman–Crippen LogP) is 3.07. The summed E-state index contributed by atoms with van der Waals surface area (Å²) >= 11 is 1.98. The van der Waals surface area contributed by atoms with Crippen molar-refractivity contribution in [2.24, 2.45) is 5.92 Å². The molecule has 0 radical (unpaired) electrons. The molecule has 1 nitrogen and oxygen atoms in total. The first-order valence-electron chi connectivity index (χ1n) is 5.52. The average molecular weight is 202 g/mol. The van der Waals surface area contributed by atoms with Crippen molar-refractivity contribution in [2.45, 2.75) is 56.5 Å². The molecule has 1 fully saturated rings. The lowest BCUT2D eigenvalue weighted by Gasteiger charge is -2.28. The number of rotatable bonds is 4. The van der Waals surface area contributed by atoms with E-state index >= 15 is 0 Å². The molecule has 0 saturated heterocycles. The molecule has 78 valence electrons. The Morgan fingerprint density at radius 2 is 1.92 bits per heavy atom. The van der Waals surface area contributed by atoms with Crippen molar-refractivity contribution in [1.29, 1.82) is 0 Å². The molecule has 1 rings (SSSR count). The van der Waals surface area contributed by atoms with Crippen LogP contribution in [0.4, 0.5) is 0 Å². The summed E-state index contributed by atoms with van der Waals surface area (Å²) in [5.41, 5.74) is 0. The molecule has 1 N–H and O–H groups in total. The molecule has 1 unspecified atom stereocenters. The molecule has 0 spiro atoms. The van der Waals surface area contributed by atoms with Crippen molar-refractivity contribution in [3.63, 3.8) is 0 Å². The third-order valence-electron chi connectivity index (χ3n) is 3.05. The lowest BCUT2D eigenvalue weighted by Crippen LogP contribution is -2.19. The number of thioether (sulfide) groups is 1. The second kappa shape index (κ2) is 5.92. The maximum absolute atomic E-state index is 8.94. The Labute approximate surface area is 86.3 Å². The van der Waals surface area contributed by atoms with Gasteiger partial charge in [0.15, 0.2) is 0 Å². The largest absolute Gasteiger partial charge is 0.395 e. The Bertz CT molecular complexity index is 130. The van der Waals surface area contributed by atoms with Crippen LogP contribution in [0, 0.1) is 5.92 Å². The SMILES string of the molecule is CCC1CCC(SC(C)CO)CC1. The van der Waals surface area contributed by atoms with Gasteiger partial charge < -0.3 is 5.11 Å². The lowest BCUT2D eigenvalue weighted by molar-refractivity contribution is 0.298. The molecule has 1 aliphatic rings. The number of aliphatic hydroxyl groups excluding tert-OH is 1. The Morgan fingerprint density at radius 1 is 1.31 bits per heavy atom. The summed E-state index contributed by atoms with van der Waals surface area (Å²) in [6, 6.07) is 0. The van der Waals surface area contributed by atoms with Gasteiger partial charge in [-0.1, -0.05) is 20.3 Å². The van der Waals surface area contributed by atoms with Crippen molar-refractivity contribution in [3.05, 3.63) is 0 Å². The van der Waals surface area contributed by atoms with Crippen LogP contribution in [0.5, 0.6) is 0 Å². The maximum Gasteiger partial charge on any atom is 0.0547 e. The van der Waals surface area contributed by atoms with Crippen LogP contribution in [0.15, 0.2) is 0 Å². The smallest absolute Gasteiger partial charge is 0.0547 e. The Balaban J connectivity index is 2.17. The van der Waals surface area contributed by atoms with Gasteiger partial charge in [-0.3, -0.25) is 0 Å². The van der Waals surface area contributed by atoms with E-state index in [0.29, 0.717) is 11.9 Å². The van der Waals surface area contributed by atoms with Crippen molar-refractivity contribution in [3.8, 4) is 0 Å². The van der Waals surface area contributed by atoms with E-state index in [1.54, 1.807) is 0 Å². The first-order valence-corrected chi connectivity index (χ1v) is 6.46. The van der Waals surface area contributed by atoms with Crippen LogP contribution in [0.1, 0.15) is 46.0 Å². The minimum Gasteiger partial charge on any atom is -0.395 e. The van der Waals surface area contributed by atoms with Gasteiger partial charge in [-0.25, -0.2) is 0 Å². The van der Waals surface area contributed by atoms with Gasteiger partial charge in [0.05, 0.1) is 6.61 Å². The fourth-order valence-corrected chi connectivity index (χ4v) is 3.34. The summed E-state index contributed by atoms with van der Waals surface area (Å²) in [4.78, 5) is 0. The van der Waals surface area contributed by atoms with Gasteiger partial charge in [-0.2, -0.15) is 11.8 Å². The molecule has 0 aromatic carbocycles. The van der Waals surface area contributed by atoms with E-state index in [-0.39, 0.29) is 0 Å². The zero-order valence-corrected chi connectivity index (χ0v) is 9.65. The van der Waals surface area contributed by atoms with Crippen LogP contribution in [-0.4, -0.2) is 22.2 Å². The summed E-state index contributed by atoms with van der Waals surface area (Å²) in [5.74, 6) is 0.987. The van der Waals surface area contributed by atoms with Crippen LogP contribution in [0.25, 0.3) is 0 Å². The molecule has 0 aromatic heterocycles. The Hall–Kier alpha value is 0.310. The summed E-state index contributed by atoms with van der Waals surface area (Å²) in [6.45, 7) is 4.75.